The third kappa shape index (κ3) is 2.12. The van der Waals surface area contributed by atoms with Crippen LogP contribution in [0.4, 0.5) is 5.95 Å². The molecule has 21 heavy (non-hydrogen) atoms. The Hall–Kier alpha value is -3.16. The average molecular weight is 285 g/mol. The lowest BCUT2D eigenvalue weighted by Gasteiger charge is -2.06. The van der Waals surface area contributed by atoms with Crippen LogP contribution in [0.25, 0.3) is 5.65 Å². The van der Waals surface area contributed by atoms with Crippen LogP contribution in [0.5, 0.6) is 11.5 Å². The second kappa shape index (κ2) is 4.75. The topological polar surface area (TPSA) is 116 Å². The maximum Gasteiger partial charge on any atom is 0.243 e. The minimum atomic E-state index is -0.400. The third-order valence-corrected chi connectivity index (χ3v) is 3.00. The van der Waals surface area contributed by atoms with E-state index < -0.39 is 5.78 Å². The number of carbonyl (C=O) groups is 1. The van der Waals surface area contributed by atoms with Crippen molar-refractivity contribution in [1.29, 1.82) is 0 Å². The molecule has 0 bridgehead atoms. The molecule has 3 aromatic rings. The zero-order valence-corrected chi connectivity index (χ0v) is 11.0. The summed E-state index contributed by atoms with van der Waals surface area (Å²) in [5, 5.41) is 21.3. The number of fused-ring (bicyclic) bond motifs is 1. The Kier molecular flexibility index (Phi) is 2.90. The number of methoxy groups -OCH3 is 1. The molecule has 2 heterocycles. The predicted octanol–water partition coefficient (Wildman–Crippen LogP) is 0.652. The van der Waals surface area contributed by atoms with Crippen molar-refractivity contribution in [1.82, 2.24) is 19.8 Å². The van der Waals surface area contributed by atoms with E-state index >= 15 is 0 Å². The third-order valence-electron chi connectivity index (χ3n) is 3.00. The molecule has 3 N–H and O–H groups in total. The van der Waals surface area contributed by atoms with Gasteiger partial charge in [-0.25, -0.2) is 0 Å². The van der Waals surface area contributed by atoms with Crippen LogP contribution in [-0.4, -0.2) is 37.8 Å². The minimum Gasteiger partial charge on any atom is -0.507 e. The Morgan fingerprint density at radius 3 is 2.90 bits per heavy atom. The fourth-order valence-electron chi connectivity index (χ4n) is 1.91. The molecule has 0 atom stereocenters. The largest absolute Gasteiger partial charge is 0.507 e. The summed E-state index contributed by atoms with van der Waals surface area (Å²) in [6, 6.07) is 5.91. The van der Waals surface area contributed by atoms with E-state index in [-0.39, 0.29) is 22.8 Å². The molecule has 0 aliphatic rings. The first-order valence-corrected chi connectivity index (χ1v) is 5.99. The predicted molar refractivity (Wildman–Crippen MR) is 73.3 cm³/mol. The molecule has 0 radical (unpaired) electrons. The van der Waals surface area contributed by atoms with E-state index in [0.717, 1.165) is 0 Å². The van der Waals surface area contributed by atoms with Crippen molar-refractivity contribution in [2.45, 2.75) is 0 Å². The number of rotatable bonds is 3. The maximum atomic E-state index is 12.4. The zero-order chi connectivity index (χ0) is 15.0. The van der Waals surface area contributed by atoms with Crippen molar-refractivity contribution in [3.8, 4) is 11.5 Å². The first-order valence-electron chi connectivity index (χ1n) is 5.99. The Balaban J connectivity index is 2.07. The number of ether oxygens (including phenoxy) is 1. The second-order valence-electron chi connectivity index (χ2n) is 4.28. The molecule has 3 rings (SSSR count). The van der Waals surface area contributed by atoms with Crippen LogP contribution in [0.2, 0.25) is 0 Å². The summed E-state index contributed by atoms with van der Waals surface area (Å²) in [6.07, 6.45) is 1.34. The lowest BCUT2D eigenvalue weighted by atomic mass is 10.0. The van der Waals surface area contributed by atoms with Gasteiger partial charge in [0.1, 0.15) is 11.5 Å². The van der Waals surface area contributed by atoms with Crippen molar-refractivity contribution in [2.75, 3.05) is 12.8 Å². The molecular weight excluding hydrogens is 274 g/mol. The monoisotopic (exact) mass is 285 g/mol. The number of benzene rings is 1. The van der Waals surface area contributed by atoms with Gasteiger partial charge in [-0.2, -0.15) is 9.61 Å². The number of aromatic nitrogens is 4. The van der Waals surface area contributed by atoms with Crippen LogP contribution in [0, 0.1) is 0 Å². The lowest BCUT2D eigenvalue weighted by molar-refractivity contribution is 0.103. The first-order chi connectivity index (χ1) is 10.1. The van der Waals surface area contributed by atoms with Gasteiger partial charge in [-0.05, 0) is 24.3 Å². The smallest absolute Gasteiger partial charge is 0.243 e. The molecule has 0 aliphatic carbocycles. The lowest BCUT2D eigenvalue weighted by Crippen LogP contribution is -2.06. The van der Waals surface area contributed by atoms with Crippen LogP contribution < -0.4 is 10.5 Å². The second-order valence-corrected chi connectivity index (χ2v) is 4.28. The highest BCUT2D eigenvalue weighted by molar-refractivity contribution is 6.11. The number of aromatic hydroxyl groups is 1. The number of anilines is 1. The van der Waals surface area contributed by atoms with E-state index in [2.05, 4.69) is 15.3 Å². The number of nitrogen functional groups attached to an aromatic ring is 1. The number of hydrogen-bond donors (Lipinski definition) is 2. The summed E-state index contributed by atoms with van der Waals surface area (Å²) in [5.41, 5.74) is 6.29. The molecular formula is C13H11N5O3. The zero-order valence-electron chi connectivity index (χ0n) is 11.0. The van der Waals surface area contributed by atoms with Crippen LogP contribution in [0.15, 0.2) is 30.5 Å². The Morgan fingerprint density at radius 2 is 2.14 bits per heavy atom. The summed E-state index contributed by atoms with van der Waals surface area (Å²) in [7, 11) is 1.48. The maximum absolute atomic E-state index is 12.4. The molecule has 0 aliphatic heterocycles. The molecule has 1 aromatic carbocycles. The van der Waals surface area contributed by atoms with Gasteiger partial charge < -0.3 is 15.6 Å². The molecule has 0 unspecified atom stereocenters. The van der Waals surface area contributed by atoms with Gasteiger partial charge in [0.25, 0.3) is 0 Å². The van der Waals surface area contributed by atoms with Crippen molar-refractivity contribution in [2.24, 2.45) is 0 Å². The van der Waals surface area contributed by atoms with E-state index in [1.165, 1.54) is 36.0 Å². The van der Waals surface area contributed by atoms with Crippen LogP contribution in [0.3, 0.4) is 0 Å². The summed E-state index contributed by atoms with van der Waals surface area (Å²) < 4.78 is 6.36. The van der Waals surface area contributed by atoms with Crippen molar-refractivity contribution in [3.63, 3.8) is 0 Å². The highest BCUT2D eigenvalue weighted by Crippen LogP contribution is 2.25. The Bertz CT molecular complexity index is 843. The van der Waals surface area contributed by atoms with Gasteiger partial charge in [-0.3, -0.25) is 4.79 Å². The minimum absolute atomic E-state index is 0.119. The van der Waals surface area contributed by atoms with Crippen molar-refractivity contribution in [3.05, 3.63) is 41.6 Å². The van der Waals surface area contributed by atoms with E-state index in [1.54, 1.807) is 6.07 Å². The van der Waals surface area contributed by atoms with Crippen molar-refractivity contribution < 1.29 is 14.6 Å². The Morgan fingerprint density at radius 1 is 1.33 bits per heavy atom. The van der Waals surface area contributed by atoms with Gasteiger partial charge >= 0.3 is 0 Å². The summed E-state index contributed by atoms with van der Waals surface area (Å²) in [4.78, 5) is 12.4. The van der Waals surface area contributed by atoms with Crippen LogP contribution >= 0.6 is 0 Å². The molecule has 0 spiro atoms. The van der Waals surface area contributed by atoms with E-state index in [9.17, 15) is 9.90 Å². The van der Waals surface area contributed by atoms with Gasteiger partial charge in [0.2, 0.25) is 5.95 Å². The molecule has 0 saturated heterocycles. The number of nitrogens with two attached hydrogens (primary N) is 1. The summed E-state index contributed by atoms with van der Waals surface area (Å²) >= 11 is 0. The number of ketones is 1. The molecule has 8 heteroatoms. The molecule has 0 saturated carbocycles. The number of hydrogen-bond acceptors (Lipinski definition) is 7. The SMILES string of the molecule is COc1ccc(O)c(C(=O)c2cnn3c(N)nnc3c2)c1. The van der Waals surface area contributed by atoms with E-state index in [0.29, 0.717) is 11.4 Å². The number of phenolic OH excluding ortho intramolecular Hbond substituents is 1. The van der Waals surface area contributed by atoms with Gasteiger partial charge in [-0.1, -0.05) is 0 Å². The fourth-order valence-corrected chi connectivity index (χ4v) is 1.91. The number of carbonyl (C=O) groups excluding carboxylic acids is 1. The molecule has 2 aromatic heterocycles. The van der Waals surface area contributed by atoms with Gasteiger partial charge in [0, 0.05) is 5.56 Å². The standard InChI is InChI=1S/C13H11N5O3/c1-21-8-2-3-10(19)9(5-8)12(20)7-4-11-16-17-13(14)18(11)15-6-7/h2-6,19H,1H3,(H2,14,17). The Labute approximate surface area is 118 Å². The van der Waals surface area contributed by atoms with E-state index in [1.807, 2.05) is 0 Å². The van der Waals surface area contributed by atoms with Gasteiger partial charge in [0.05, 0.1) is 18.9 Å². The van der Waals surface area contributed by atoms with Crippen LogP contribution in [-0.2, 0) is 0 Å². The molecule has 106 valence electrons. The highest BCUT2D eigenvalue weighted by Gasteiger charge is 2.16. The van der Waals surface area contributed by atoms with Crippen LogP contribution in [0.1, 0.15) is 15.9 Å². The summed E-state index contributed by atoms with van der Waals surface area (Å²) in [6.45, 7) is 0. The average Bonchev–Trinajstić information content (AvgIpc) is 2.88. The summed E-state index contributed by atoms with van der Waals surface area (Å²) in [5.74, 6) is 0.0646. The fraction of sp³-hybridized carbons (Fsp3) is 0.0769. The van der Waals surface area contributed by atoms with Gasteiger partial charge in [-0.15, -0.1) is 10.2 Å². The first kappa shape index (κ1) is 12.9. The normalized spacial score (nSPS) is 10.7. The highest BCUT2D eigenvalue weighted by atomic mass is 16.5. The van der Waals surface area contributed by atoms with E-state index in [4.69, 9.17) is 10.5 Å². The molecule has 0 amide bonds. The van der Waals surface area contributed by atoms with Gasteiger partial charge in [0.15, 0.2) is 11.4 Å². The number of phenols is 1. The number of nitrogens with zero attached hydrogens (tertiary/aromatic N) is 4. The van der Waals surface area contributed by atoms with Crippen molar-refractivity contribution >= 4 is 17.4 Å². The quantitative estimate of drug-likeness (QED) is 0.679. The molecule has 0 fully saturated rings. The molecule has 8 nitrogen and oxygen atoms in total.